The summed E-state index contributed by atoms with van der Waals surface area (Å²) >= 11 is 5.75. The van der Waals surface area contributed by atoms with E-state index in [9.17, 15) is 10.1 Å². The van der Waals surface area contributed by atoms with Crippen LogP contribution in [0.25, 0.3) is 0 Å². The largest absolute Gasteiger partial charge is 0.392 e. The summed E-state index contributed by atoms with van der Waals surface area (Å²) in [5, 5.41) is 14.9. The minimum atomic E-state index is -0.495. The fourth-order valence-corrected chi connectivity index (χ4v) is 1.70. The van der Waals surface area contributed by atoms with Gasteiger partial charge in [0, 0.05) is 6.20 Å². The van der Waals surface area contributed by atoms with Gasteiger partial charge in [-0.25, -0.2) is 4.98 Å². The Kier molecular flexibility index (Phi) is 3.06. The second-order valence-corrected chi connectivity index (χ2v) is 3.96. The van der Waals surface area contributed by atoms with Crippen molar-refractivity contribution in [2.75, 3.05) is 0 Å². The van der Waals surface area contributed by atoms with Crippen LogP contribution in [-0.2, 0) is 6.54 Å². The van der Waals surface area contributed by atoms with E-state index in [0.29, 0.717) is 17.3 Å². The van der Waals surface area contributed by atoms with Crippen LogP contribution < -0.4 is 0 Å². The summed E-state index contributed by atoms with van der Waals surface area (Å²) in [5.41, 5.74) is 1.43. The van der Waals surface area contributed by atoms with Crippen LogP contribution in [0.4, 0.5) is 5.82 Å². The van der Waals surface area contributed by atoms with Crippen molar-refractivity contribution in [2.24, 2.45) is 0 Å². The highest BCUT2D eigenvalue weighted by molar-refractivity contribution is 6.29. The summed E-state index contributed by atoms with van der Waals surface area (Å²) in [4.78, 5) is 14.0. The zero-order valence-electron chi connectivity index (χ0n) is 9.00. The fraction of sp³-hybridized carbons (Fsp3) is 0.200. The van der Waals surface area contributed by atoms with E-state index in [4.69, 9.17) is 11.6 Å². The Morgan fingerprint density at radius 3 is 2.94 bits per heavy atom. The molecule has 17 heavy (non-hydrogen) atoms. The predicted molar refractivity (Wildman–Crippen MR) is 62.0 cm³/mol. The van der Waals surface area contributed by atoms with E-state index in [-0.39, 0.29) is 5.82 Å². The van der Waals surface area contributed by atoms with Crippen LogP contribution in [0.1, 0.15) is 11.1 Å². The van der Waals surface area contributed by atoms with Crippen LogP contribution in [0.2, 0.25) is 5.15 Å². The number of halogens is 1. The van der Waals surface area contributed by atoms with E-state index >= 15 is 0 Å². The van der Waals surface area contributed by atoms with Gasteiger partial charge in [-0.1, -0.05) is 11.6 Å². The maximum absolute atomic E-state index is 10.6. The first-order valence-electron chi connectivity index (χ1n) is 4.85. The van der Waals surface area contributed by atoms with Crippen molar-refractivity contribution < 1.29 is 4.92 Å². The summed E-state index contributed by atoms with van der Waals surface area (Å²) in [6.45, 7) is 2.08. The molecule has 0 aliphatic heterocycles. The molecule has 0 N–H and O–H groups in total. The van der Waals surface area contributed by atoms with Gasteiger partial charge in [0.25, 0.3) is 0 Å². The Hall–Kier alpha value is -1.95. The van der Waals surface area contributed by atoms with Crippen molar-refractivity contribution in [1.82, 2.24) is 14.8 Å². The summed E-state index contributed by atoms with van der Waals surface area (Å²) in [6.07, 6.45) is 3.22. The molecule has 0 radical (unpaired) electrons. The van der Waals surface area contributed by atoms with E-state index in [1.165, 1.54) is 4.68 Å². The van der Waals surface area contributed by atoms with Gasteiger partial charge >= 0.3 is 5.82 Å². The number of aromatic nitrogens is 3. The molecule has 6 nitrogen and oxygen atoms in total. The summed E-state index contributed by atoms with van der Waals surface area (Å²) in [5.74, 6) is -0.120. The molecule has 0 atom stereocenters. The molecule has 0 aliphatic rings. The number of nitro groups is 1. The minimum absolute atomic E-state index is 0.120. The third-order valence-corrected chi connectivity index (χ3v) is 2.43. The Bertz CT molecular complexity index is 567. The van der Waals surface area contributed by atoms with Crippen molar-refractivity contribution in [3.8, 4) is 0 Å². The van der Waals surface area contributed by atoms with E-state index in [1.807, 2.05) is 0 Å². The van der Waals surface area contributed by atoms with Crippen molar-refractivity contribution in [1.29, 1.82) is 0 Å². The highest BCUT2D eigenvalue weighted by atomic mass is 35.5. The van der Waals surface area contributed by atoms with Crippen molar-refractivity contribution >= 4 is 17.4 Å². The lowest BCUT2D eigenvalue weighted by Crippen LogP contribution is -2.01. The number of rotatable bonds is 3. The lowest BCUT2D eigenvalue weighted by Gasteiger charge is -1.97. The first-order chi connectivity index (χ1) is 8.06. The minimum Gasteiger partial charge on any atom is -0.358 e. The Balaban J connectivity index is 2.25. The second-order valence-electron chi connectivity index (χ2n) is 3.58. The Morgan fingerprint density at radius 1 is 1.59 bits per heavy atom. The molecular weight excluding hydrogens is 244 g/mol. The fourth-order valence-electron chi connectivity index (χ4n) is 1.50. The average Bonchev–Trinajstić information content (AvgIpc) is 2.59. The molecule has 0 unspecified atom stereocenters. The summed E-state index contributed by atoms with van der Waals surface area (Å²) in [7, 11) is 0. The molecule has 2 aromatic rings. The van der Waals surface area contributed by atoms with E-state index in [0.717, 1.165) is 5.56 Å². The summed E-state index contributed by atoms with van der Waals surface area (Å²) < 4.78 is 1.51. The highest BCUT2D eigenvalue weighted by Gasteiger charge is 2.16. The lowest BCUT2D eigenvalue weighted by atomic mass is 10.3. The van der Waals surface area contributed by atoms with E-state index in [2.05, 4.69) is 10.1 Å². The van der Waals surface area contributed by atoms with Gasteiger partial charge in [-0.3, -0.25) is 0 Å². The molecule has 2 heterocycles. The van der Waals surface area contributed by atoms with Crippen LogP contribution >= 0.6 is 11.6 Å². The van der Waals surface area contributed by atoms with Crippen molar-refractivity contribution in [3.05, 3.63) is 50.9 Å². The number of hydrogen-bond donors (Lipinski definition) is 0. The van der Waals surface area contributed by atoms with Gasteiger partial charge in [0.05, 0.1) is 23.4 Å². The first kappa shape index (κ1) is 11.5. The molecule has 0 amide bonds. The third kappa shape index (κ3) is 2.59. The average molecular weight is 253 g/mol. The van der Waals surface area contributed by atoms with Gasteiger partial charge < -0.3 is 10.1 Å². The SMILES string of the molecule is Cc1cn(Cc2ccnc(Cl)c2)nc1[N+](=O)[O-]. The first-order valence-corrected chi connectivity index (χ1v) is 5.23. The zero-order chi connectivity index (χ0) is 12.4. The smallest absolute Gasteiger partial charge is 0.358 e. The highest BCUT2D eigenvalue weighted by Crippen LogP contribution is 2.15. The Labute approximate surface area is 102 Å². The molecule has 88 valence electrons. The molecule has 0 bridgehead atoms. The number of nitrogens with zero attached hydrogens (tertiary/aromatic N) is 4. The maximum Gasteiger partial charge on any atom is 0.392 e. The molecule has 2 aromatic heterocycles. The van der Waals surface area contributed by atoms with Crippen molar-refractivity contribution in [3.63, 3.8) is 0 Å². The normalized spacial score (nSPS) is 10.5. The summed E-state index contributed by atoms with van der Waals surface area (Å²) in [6, 6.07) is 3.49. The monoisotopic (exact) mass is 252 g/mol. The van der Waals surface area contributed by atoms with Crippen LogP contribution in [0.3, 0.4) is 0 Å². The van der Waals surface area contributed by atoms with Gasteiger partial charge in [0.15, 0.2) is 0 Å². The van der Waals surface area contributed by atoms with Crippen LogP contribution in [-0.4, -0.2) is 19.7 Å². The quantitative estimate of drug-likeness (QED) is 0.477. The van der Waals surface area contributed by atoms with Crippen LogP contribution in [0.15, 0.2) is 24.5 Å². The topological polar surface area (TPSA) is 73.8 Å². The van der Waals surface area contributed by atoms with Gasteiger partial charge in [-0.05, 0) is 29.5 Å². The molecule has 2 rings (SSSR count). The Morgan fingerprint density at radius 2 is 2.35 bits per heavy atom. The molecule has 0 aromatic carbocycles. The second kappa shape index (κ2) is 4.50. The predicted octanol–water partition coefficient (Wildman–Crippen LogP) is 2.20. The number of aryl methyl sites for hydroxylation is 1. The number of hydrogen-bond acceptors (Lipinski definition) is 4. The van der Waals surface area contributed by atoms with Crippen LogP contribution in [0.5, 0.6) is 0 Å². The van der Waals surface area contributed by atoms with Gasteiger partial charge in [-0.2, -0.15) is 4.68 Å². The third-order valence-electron chi connectivity index (χ3n) is 2.23. The van der Waals surface area contributed by atoms with Crippen LogP contribution in [0, 0.1) is 17.0 Å². The number of pyridine rings is 1. The lowest BCUT2D eigenvalue weighted by molar-refractivity contribution is -0.390. The molecule has 0 saturated heterocycles. The molecule has 0 aliphatic carbocycles. The molecular formula is C10H9ClN4O2. The van der Waals surface area contributed by atoms with Gasteiger partial charge in [0.2, 0.25) is 0 Å². The van der Waals surface area contributed by atoms with Gasteiger partial charge in [0.1, 0.15) is 5.15 Å². The molecule has 0 saturated carbocycles. The van der Waals surface area contributed by atoms with Crippen molar-refractivity contribution in [2.45, 2.75) is 13.5 Å². The maximum atomic E-state index is 10.6. The molecule has 0 spiro atoms. The van der Waals surface area contributed by atoms with Gasteiger partial charge in [-0.15, -0.1) is 0 Å². The molecule has 7 heteroatoms. The van der Waals surface area contributed by atoms with E-state index in [1.54, 1.807) is 31.5 Å². The zero-order valence-corrected chi connectivity index (χ0v) is 9.76. The molecule has 0 fully saturated rings. The standard InChI is InChI=1S/C10H9ClN4O2/c1-7-5-14(13-10(7)15(16)17)6-8-2-3-12-9(11)4-8/h2-5H,6H2,1H3. The van der Waals surface area contributed by atoms with E-state index < -0.39 is 4.92 Å².